The van der Waals surface area contributed by atoms with Crippen LogP contribution in [-0.4, -0.2) is 11.1 Å². The van der Waals surface area contributed by atoms with Crippen molar-refractivity contribution in [3.63, 3.8) is 0 Å². The molecule has 0 heterocycles. The second kappa shape index (κ2) is 12.2. The molecule has 130 valence electrons. The molecule has 0 bridgehead atoms. The van der Waals surface area contributed by atoms with Crippen LogP contribution in [-0.2, 0) is 4.79 Å². The minimum atomic E-state index is -0.892. The van der Waals surface area contributed by atoms with Crippen molar-refractivity contribution in [2.24, 2.45) is 11.8 Å². The van der Waals surface area contributed by atoms with Crippen molar-refractivity contribution in [1.82, 2.24) is 0 Å². The molecular formula is C21H34O2. The molecule has 1 fully saturated rings. The Labute approximate surface area is 142 Å². The zero-order valence-electron chi connectivity index (χ0n) is 15.0. The van der Waals surface area contributed by atoms with Gasteiger partial charge in [-0.25, -0.2) is 4.79 Å². The maximum absolute atomic E-state index is 10.5. The Bertz CT molecular complexity index is 418. The molecule has 1 aliphatic carbocycles. The van der Waals surface area contributed by atoms with Crippen LogP contribution in [0.25, 0.3) is 0 Å². The van der Waals surface area contributed by atoms with Gasteiger partial charge in [-0.1, -0.05) is 81.7 Å². The largest absolute Gasteiger partial charge is 0.478 e. The lowest BCUT2D eigenvalue weighted by Gasteiger charge is -2.15. The second-order valence-electron chi connectivity index (χ2n) is 6.88. The van der Waals surface area contributed by atoms with E-state index in [2.05, 4.69) is 19.1 Å². The number of rotatable bonds is 11. The summed E-state index contributed by atoms with van der Waals surface area (Å²) in [5.41, 5.74) is 0.981. The smallest absolute Gasteiger partial charge is 0.328 e. The average molecular weight is 319 g/mol. The summed E-state index contributed by atoms with van der Waals surface area (Å²) in [5.74, 6) is 0.690. The van der Waals surface area contributed by atoms with Gasteiger partial charge in [0, 0.05) is 6.08 Å². The van der Waals surface area contributed by atoms with E-state index in [0.717, 1.165) is 17.4 Å². The predicted molar refractivity (Wildman–Crippen MR) is 98.5 cm³/mol. The highest BCUT2D eigenvalue weighted by Crippen LogP contribution is 2.36. The van der Waals surface area contributed by atoms with Crippen molar-refractivity contribution in [2.45, 2.75) is 78.1 Å². The lowest BCUT2D eigenvalue weighted by atomic mass is 9.90. The molecule has 0 unspecified atom stereocenters. The molecule has 0 aliphatic heterocycles. The van der Waals surface area contributed by atoms with Gasteiger partial charge >= 0.3 is 5.97 Å². The topological polar surface area (TPSA) is 37.3 Å². The summed E-state index contributed by atoms with van der Waals surface area (Å²) >= 11 is 0. The van der Waals surface area contributed by atoms with Crippen LogP contribution in [0.5, 0.6) is 0 Å². The Hall–Kier alpha value is -1.31. The van der Waals surface area contributed by atoms with E-state index in [4.69, 9.17) is 5.11 Å². The van der Waals surface area contributed by atoms with E-state index in [1.165, 1.54) is 70.3 Å². The fourth-order valence-electron chi connectivity index (χ4n) is 3.47. The number of hydrogen-bond donors (Lipinski definition) is 1. The molecule has 0 amide bonds. The van der Waals surface area contributed by atoms with Crippen LogP contribution in [0.1, 0.15) is 78.1 Å². The van der Waals surface area contributed by atoms with Crippen LogP contribution in [0, 0.1) is 11.8 Å². The van der Waals surface area contributed by atoms with Crippen molar-refractivity contribution in [3.8, 4) is 0 Å². The molecule has 0 saturated heterocycles. The Morgan fingerprint density at radius 2 is 1.83 bits per heavy atom. The Balaban J connectivity index is 2.30. The summed E-state index contributed by atoms with van der Waals surface area (Å²) < 4.78 is 0. The van der Waals surface area contributed by atoms with Crippen LogP contribution in [0.4, 0.5) is 0 Å². The summed E-state index contributed by atoms with van der Waals surface area (Å²) in [5, 5.41) is 8.61. The Kier molecular flexibility index (Phi) is 10.4. The first-order valence-corrected chi connectivity index (χ1v) is 9.39. The average Bonchev–Trinajstić information content (AvgIpc) is 2.96. The van der Waals surface area contributed by atoms with E-state index in [0.29, 0.717) is 0 Å². The standard InChI is InChI=1S/C21H34O2/c1-3-4-5-6-7-8-12-19-14-10-15-20(19)13-9-11-18(2)16-17-21(22)23/h9,11,13,16-17,19-20H,3-8,10,12,14-15H2,1-2H3,(H,22,23)/t19-,20-/m0/s1. The maximum Gasteiger partial charge on any atom is 0.328 e. The molecule has 0 aromatic rings. The molecule has 0 spiro atoms. The third-order valence-corrected chi connectivity index (χ3v) is 4.85. The highest BCUT2D eigenvalue weighted by molar-refractivity contribution is 5.80. The third kappa shape index (κ3) is 9.43. The highest BCUT2D eigenvalue weighted by Gasteiger charge is 2.24. The lowest BCUT2D eigenvalue weighted by Crippen LogP contribution is -2.05. The fourth-order valence-corrected chi connectivity index (χ4v) is 3.47. The molecule has 2 atom stereocenters. The SMILES string of the molecule is CCCCCCCC[C@H]1CCC[C@@H]1C=CC=C(C)C=CC(=O)O. The summed E-state index contributed by atoms with van der Waals surface area (Å²) in [7, 11) is 0. The van der Waals surface area contributed by atoms with E-state index in [1.807, 2.05) is 13.0 Å². The van der Waals surface area contributed by atoms with E-state index in [-0.39, 0.29) is 0 Å². The van der Waals surface area contributed by atoms with E-state index in [1.54, 1.807) is 6.08 Å². The van der Waals surface area contributed by atoms with E-state index < -0.39 is 5.97 Å². The molecule has 23 heavy (non-hydrogen) atoms. The number of hydrogen-bond acceptors (Lipinski definition) is 1. The zero-order chi connectivity index (χ0) is 16.9. The molecule has 1 saturated carbocycles. The Morgan fingerprint density at radius 1 is 1.09 bits per heavy atom. The molecule has 0 aromatic heterocycles. The number of carboxylic acid groups (broad SMARTS) is 1. The van der Waals surface area contributed by atoms with E-state index >= 15 is 0 Å². The number of carbonyl (C=O) groups is 1. The molecule has 0 radical (unpaired) electrons. The van der Waals surface area contributed by atoms with Gasteiger partial charge in [-0.05, 0) is 38.0 Å². The van der Waals surface area contributed by atoms with Crippen molar-refractivity contribution in [3.05, 3.63) is 36.0 Å². The van der Waals surface area contributed by atoms with Crippen LogP contribution in [0.2, 0.25) is 0 Å². The quantitative estimate of drug-likeness (QED) is 0.276. The van der Waals surface area contributed by atoms with Crippen molar-refractivity contribution >= 4 is 5.97 Å². The van der Waals surface area contributed by atoms with Gasteiger partial charge in [-0.15, -0.1) is 0 Å². The van der Waals surface area contributed by atoms with Gasteiger partial charge in [0.1, 0.15) is 0 Å². The van der Waals surface area contributed by atoms with Crippen LogP contribution in [0.3, 0.4) is 0 Å². The third-order valence-electron chi connectivity index (χ3n) is 4.85. The number of unbranched alkanes of at least 4 members (excludes halogenated alkanes) is 5. The first kappa shape index (κ1) is 19.7. The van der Waals surface area contributed by atoms with Gasteiger partial charge in [0.25, 0.3) is 0 Å². The number of allylic oxidation sites excluding steroid dienone is 5. The maximum atomic E-state index is 10.5. The van der Waals surface area contributed by atoms with Crippen molar-refractivity contribution < 1.29 is 9.90 Å². The van der Waals surface area contributed by atoms with Gasteiger partial charge in [-0.2, -0.15) is 0 Å². The predicted octanol–water partition coefficient (Wildman–Crippen LogP) is 6.30. The van der Waals surface area contributed by atoms with Crippen molar-refractivity contribution in [1.29, 1.82) is 0 Å². The van der Waals surface area contributed by atoms with Gasteiger partial charge in [0.05, 0.1) is 0 Å². The molecule has 2 heteroatoms. The summed E-state index contributed by atoms with van der Waals surface area (Å²) in [6, 6.07) is 0. The van der Waals surface area contributed by atoms with Gasteiger partial charge in [-0.3, -0.25) is 0 Å². The Morgan fingerprint density at radius 3 is 2.57 bits per heavy atom. The van der Waals surface area contributed by atoms with Gasteiger partial charge in [0.15, 0.2) is 0 Å². The van der Waals surface area contributed by atoms with Gasteiger partial charge < -0.3 is 5.11 Å². The molecule has 1 N–H and O–H groups in total. The monoisotopic (exact) mass is 318 g/mol. The van der Waals surface area contributed by atoms with Crippen LogP contribution < -0.4 is 0 Å². The minimum absolute atomic E-state index is 0.721. The van der Waals surface area contributed by atoms with Crippen LogP contribution in [0.15, 0.2) is 36.0 Å². The molecule has 0 aromatic carbocycles. The zero-order valence-corrected chi connectivity index (χ0v) is 15.0. The van der Waals surface area contributed by atoms with E-state index in [9.17, 15) is 4.79 Å². The second-order valence-corrected chi connectivity index (χ2v) is 6.88. The summed E-state index contributed by atoms with van der Waals surface area (Å²) in [6.07, 6.45) is 23.0. The summed E-state index contributed by atoms with van der Waals surface area (Å²) in [4.78, 5) is 10.5. The molecule has 2 nitrogen and oxygen atoms in total. The molecule has 1 aliphatic rings. The number of carboxylic acids is 1. The normalized spacial score (nSPS) is 22.4. The van der Waals surface area contributed by atoms with Gasteiger partial charge in [0.2, 0.25) is 0 Å². The number of aliphatic carboxylic acids is 1. The molecule has 1 rings (SSSR count). The lowest BCUT2D eigenvalue weighted by molar-refractivity contribution is -0.131. The van der Waals surface area contributed by atoms with Crippen molar-refractivity contribution in [2.75, 3.05) is 0 Å². The highest BCUT2D eigenvalue weighted by atomic mass is 16.4. The first-order valence-electron chi connectivity index (χ1n) is 9.39. The van der Waals surface area contributed by atoms with Crippen LogP contribution >= 0.6 is 0 Å². The molecular weight excluding hydrogens is 284 g/mol. The first-order chi connectivity index (χ1) is 11.1. The summed E-state index contributed by atoms with van der Waals surface area (Å²) in [6.45, 7) is 4.20. The fraction of sp³-hybridized carbons (Fsp3) is 0.667. The minimum Gasteiger partial charge on any atom is -0.478 e.